The summed E-state index contributed by atoms with van der Waals surface area (Å²) in [4.78, 5) is 0. The predicted molar refractivity (Wildman–Crippen MR) is 65.2 cm³/mol. The van der Waals surface area contributed by atoms with Crippen molar-refractivity contribution in [3.05, 3.63) is 0 Å². The van der Waals surface area contributed by atoms with Gasteiger partial charge in [0.15, 0.2) is 0 Å². The minimum absolute atomic E-state index is 0. The molecule has 9 nitrogen and oxygen atoms in total. The van der Waals surface area contributed by atoms with Gasteiger partial charge in [0.2, 0.25) is 0 Å². The highest BCUT2D eigenvalue weighted by atomic mass is 16.0. The van der Waals surface area contributed by atoms with Gasteiger partial charge >= 0.3 is 0 Å². The van der Waals surface area contributed by atoms with Crippen LogP contribution in [0.2, 0.25) is 0 Å². The molecule has 18 N–H and O–H groups in total. The Labute approximate surface area is 91.1 Å². The first-order chi connectivity index (χ1) is 5.74. The fourth-order valence-electron chi connectivity index (χ4n) is 0. The van der Waals surface area contributed by atoms with Gasteiger partial charge in [-0.3, -0.25) is 0 Å². The monoisotopic (exact) mass is 234 g/mol. The summed E-state index contributed by atoms with van der Waals surface area (Å²) in [7, 11) is 0. The van der Waals surface area contributed by atoms with Crippen LogP contribution in [0.1, 0.15) is 0 Å². The Hall–Kier alpha value is -0.360. The van der Waals surface area contributed by atoms with Crippen LogP contribution in [0.4, 0.5) is 0 Å². The Kier molecular flexibility index (Phi) is 167. The molecule has 0 aliphatic carbocycles. The van der Waals surface area contributed by atoms with Crippen molar-refractivity contribution in [1.82, 2.24) is 0 Å². The van der Waals surface area contributed by atoms with Gasteiger partial charge in [0.25, 0.3) is 0 Å². The fourth-order valence-corrected chi connectivity index (χ4v) is 0. The molecule has 15 heavy (non-hydrogen) atoms. The molecule has 0 unspecified atom stereocenters. The van der Waals surface area contributed by atoms with E-state index in [9.17, 15) is 0 Å². The lowest BCUT2D eigenvalue weighted by Crippen LogP contribution is -2.11. The van der Waals surface area contributed by atoms with Crippen LogP contribution >= 0.6 is 0 Å². The standard InChI is InChI=1S/3C2H8N2.3H2O/c3*3-1-2-4;;;/h3*1-4H2;3*1H2. The number of rotatable bonds is 3. The van der Waals surface area contributed by atoms with Gasteiger partial charge in [-0.15, -0.1) is 0 Å². The second kappa shape index (κ2) is 68.5. The Morgan fingerprint density at radius 2 is 0.400 bits per heavy atom. The molecule has 0 saturated carbocycles. The van der Waals surface area contributed by atoms with Crippen LogP contribution in [-0.2, 0) is 0 Å². The van der Waals surface area contributed by atoms with Crippen LogP contribution in [-0.4, -0.2) is 55.7 Å². The quantitative estimate of drug-likeness (QED) is 0.277. The van der Waals surface area contributed by atoms with Gasteiger partial charge in [0, 0.05) is 39.3 Å². The Morgan fingerprint density at radius 3 is 0.400 bits per heavy atom. The molecule has 0 spiro atoms. The number of nitrogens with two attached hydrogens (primary N) is 6. The van der Waals surface area contributed by atoms with Crippen molar-refractivity contribution in [2.75, 3.05) is 39.3 Å². The zero-order valence-corrected chi connectivity index (χ0v) is 9.21. The molecule has 0 fully saturated rings. The Bertz CT molecular complexity index is 38.3. The summed E-state index contributed by atoms with van der Waals surface area (Å²) in [6, 6.07) is 0. The van der Waals surface area contributed by atoms with E-state index in [4.69, 9.17) is 34.4 Å². The van der Waals surface area contributed by atoms with Crippen molar-refractivity contribution in [1.29, 1.82) is 0 Å². The van der Waals surface area contributed by atoms with Gasteiger partial charge < -0.3 is 50.8 Å². The molecule has 0 aliphatic rings. The van der Waals surface area contributed by atoms with E-state index in [0.717, 1.165) is 0 Å². The normalized spacial score (nSPS) is 6.00. The summed E-state index contributed by atoms with van der Waals surface area (Å²) in [5, 5.41) is 0. The van der Waals surface area contributed by atoms with Crippen molar-refractivity contribution in [3.8, 4) is 0 Å². The van der Waals surface area contributed by atoms with E-state index in [0.29, 0.717) is 39.3 Å². The van der Waals surface area contributed by atoms with Crippen molar-refractivity contribution in [3.63, 3.8) is 0 Å². The highest BCUT2D eigenvalue weighted by molar-refractivity contribution is 4.26. The van der Waals surface area contributed by atoms with Gasteiger partial charge in [-0.05, 0) is 0 Å². The van der Waals surface area contributed by atoms with E-state index < -0.39 is 0 Å². The maximum atomic E-state index is 4.90. The van der Waals surface area contributed by atoms with Crippen LogP contribution in [0.3, 0.4) is 0 Å². The molecule has 9 heteroatoms. The first-order valence-electron chi connectivity index (χ1n) is 3.95. The van der Waals surface area contributed by atoms with Gasteiger partial charge in [-0.25, -0.2) is 0 Å². The summed E-state index contributed by atoms with van der Waals surface area (Å²) in [6.07, 6.45) is 0. The molecule has 0 aliphatic heterocycles. The summed E-state index contributed by atoms with van der Waals surface area (Å²) < 4.78 is 0. The molecule has 0 heterocycles. The lowest BCUT2D eigenvalue weighted by molar-refractivity contribution is 0.823. The van der Waals surface area contributed by atoms with Gasteiger partial charge in [0.1, 0.15) is 0 Å². The molecular weight excluding hydrogens is 204 g/mol. The number of hydrogen-bond donors (Lipinski definition) is 6. The van der Waals surface area contributed by atoms with Crippen LogP contribution in [0.25, 0.3) is 0 Å². The molecule has 0 aromatic rings. The molecule has 0 saturated heterocycles. The molecule has 0 rings (SSSR count). The summed E-state index contributed by atoms with van der Waals surface area (Å²) >= 11 is 0. The lowest BCUT2D eigenvalue weighted by atomic mass is 10.7. The predicted octanol–water partition coefficient (Wildman–Crippen LogP) is -5.76. The maximum Gasteiger partial charge on any atom is 0.00461 e. The van der Waals surface area contributed by atoms with E-state index >= 15 is 0 Å². The maximum absolute atomic E-state index is 4.90. The summed E-state index contributed by atoms with van der Waals surface area (Å²) in [6.45, 7) is 3.58. The molecule has 0 aromatic heterocycles. The largest absolute Gasteiger partial charge is 0.412 e. The molecular formula is C6H30N6O3. The van der Waals surface area contributed by atoms with E-state index in [-0.39, 0.29) is 16.4 Å². The van der Waals surface area contributed by atoms with Crippen molar-refractivity contribution < 1.29 is 16.4 Å². The third-order valence-corrected chi connectivity index (χ3v) is 0.500. The minimum Gasteiger partial charge on any atom is -0.412 e. The molecule has 102 valence electrons. The average molecular weight is 234 g/mol. The van der Waals surface area contributed by atoms with Crippen LogP contribution in [0, 0.1) is 0 Å². The SMILES string of the molecule is NCCN.NCCN.NCCN.O.O.O. The smallest absolute Gasteiger partial charge is 0.00461 e. The van der Waals surface area contributed by atoms with Crippen LogP contribution < -0.4 is 34.4 Å². The molecule has 0 radical (unpaired) electrons. The van der Waals surface area contributed by atoms with E-state index in [1.54, 1.807) is 0 Å². The lowest BCUT2D eigenvalue weighted by Gasteiger charge is -1.72. The second-order valence-electron chi connectivity index (χ2n) is 1.73. The van der Waals surface area contributed by atoms with Crippen molar-refractivity contribution >= 4 is 0 Å². The third-order valence-electron chi connectivity index (χ3n) is 0.500. The average Bonchev–Trinajstić information content (AvgIpc) is 2.18. The molecule has 0 bridgehead atoms. The first kappa shape index (κ1) is 36.5. The van der Waals surface area contributed by atoms with Gasteiger partial charge in [0.05, 0.1) is 0 Å². The van der Waals surface area contributed by atoms with Gasteiger partial charge in [-0.1, -0.05) is 0 Å². The third kappa shape index (κ3) is 265. The highest BCUT2D eigenvalue weighted by Gasteiger charge is 1.55. The van der Waals surface area contributed by atoms with E-state index in [2.05, 4.69) is 0 Å². The highest BCUT2D eigenvalue weighted by Crippen LogP contribution is 1.25. The molecule has 0 amide bonds. The van der Waals surface area contributed by atoms with E-state index in [1.807, 2.05) is 0 Å². The topological polar surface area (TPSA) is 251 Å². The summed E-state index contributed by atoms with van der Waals surface area (Å²) in [5.74, 6) is 0. The minimum atomic E-state index is 0. The second-order valence-corrected chi connectivity index (χ2v) is 1.73. The van der Waals surface area contributed by atoms with Crippen molar-refractivity contribution in [2.45, 2.75) is 0 Å². The fraction of sp³-hybridized carbons (Fsp3) is 1.00. The summed E-state index contributed by atoms with van der Waals surface area (Å²) in [5.41, 5.74) is 29.4. The van der Waals surface area contributed by atoms with Crippen LogP contribution in [0.5, 0.6) is 0 Å². The van der Waals surface area contributed by atoms with Crippen molar-refractivity contribution in [2.24, 2.45) is 34.4 Å². The zero-order valence-electron chi connectivity index (χ0n) is 9.21. The molecule has 0 atom stereocenters. The first-order valence-corrected chi connectivity index (χ1v) is 3.95. The van der Waals surface area contributed by atoms with Gasteiger partial charge in [-0.2, -0.15) is 0 Å². The Balaban J connectivity index is -0.0000000184. The zero-order chi connectivity index (χ0) is 10.2. The molecule has 0 aromatic carbocycles. The number of hydrogen-bond acceptors (Lipinski definition) is 6. The Morgan fingerprint density at radius 1 is 0.333 bits per heavy atom. The van der Waals surface area contributed by atoms with E-state index in [1.165, 1.54) is 0 Å². The van der Waals surface area contributed by atoms with Crippen LogP contribution in [0.15, 0.2) is 0 Å².